The fourth-order valence-corrected chi connectivity index (χ4v) is 3.58. The Morgan fingerprint density at radius 2 is 1.90 bits per heavy atom. The maximum Gasteiger partial charge on any atom is 0.251 e. The molecule has 0 aliphatic heterocycles. The summed E-state index contributed by atoms with van der Waals surface area (Å²) in [5.41, 5.74) is 0.770. The number of hydrogen-bond donors (Lipinski definition) is 1. The summed E-state index contributed by atoms with van der Waals surface area (Å²) in [7, 11) is 0. The Kier molecular flexibility index (Phi) is 5.47. The standard InChI is InChI=1S/C17H24INO/c1-11(2)15-9-4-12(3)10-16(15)19-17(20)13-5-7-14(18)8-6-13/h5-8,11-12,15-16H,4,9-10H2,1-3H3,(H,19,20). The van der Waals surface area contributed by atoms with Gasteiger partial charge >= 0.3 is 0 Å². The van der Waals surface area contributed by atoms with Gasteiger partial charge in [0.25, 0.3) is 5.91 Å². The fraction of sp³-hybridized carbons (Fsp3) is 0.588. The maximum atomic E-state index is 12.4. The molecule has 2 nitrogen and oxygen atoms in total. The predicted molar refractivity (Wildman–Crippen MR) is 91.8 cm³/mol. The van der Waals surface area contributed by atoms with Gasteiger partial charge in [-0.05, 0) is 77.5 Å². The molecule has 3 unspecified atom stereocenters. The molecule has 0 saturated heterocycles. The molecule has 3 heteroatoms. The molecule has 110 valence electrons. The van der Waals surface area contributed by atoms with E-state index in [0.717, 1.165) is 15.6 Å². The summed E-state index contributed by atoms with van der Waals surface area (Å²) in [5, 5.41) is 3.28. The highest BCUT2D eigenvalue weighted by atomic mass is 127. The van der Waals surface area contributed by atoms with Crippen molar-refractivity contribution in [3.8, 4) is 0 Å². The number of hydrogen-bond acceptors (Lipinski definition) is 1. The van der Waals surface area contributed by atoms with Crippen molar-refractivity contribution in [2.75, 3.05) is 0 Å². The van der Waals surface area contributed by atoms with Crippen LogP contribution in [-0.4, -0.2) is 11.9 Å². The average molecular weight is 385 g/mol. The number of carbonyl (C=O) groups is 1. The first kappa shape index (κ1) is 15.8. The van der Waals surface area contributed by atoms with Crippen molar-refractivity contribution < 1.29 is 4.79 Å². The lowest BCUT2D eigenvalue weighted by Gasteiger charge is -2.37. The summed E-state index contributed by atoms with van der Waals surface area (Å²) in [5.74, 6) is 2.03. The van der Waals surface area contributed by atoms with E-state index >= 15 is 0 Å². The van der Waals surface area contributed by atoms with Gasteiger partial charge in [-0.2, -0.15) is 0 Å². The zero-order chi connectivity index (χ0) is 14.7. The molecule has 1 aliphatic rings. The zero-order valence-electron chi connectivity index (χ0n) is 12.5. The summed E-state index contributed by atoms with van der Waals surface area (Å²) in [4.78, 5) is 12.4. The van der Waals surface area contributed by atoms with Crippen molar-refractivity contribution in [2.24, 2.45) is 17.8 Å². The first-order valence-electron chi connectivity index (χ1n) is 7.53. The predicted octanol–water partition coefficient (Wildman–Crippen LogP) is 4.48. The minimum atomic E-state index is 0.0751. The smallest absolute Gasteiger partial charge is 0.251 e. The van der Waals surface area contributed by atoms with Crippen molar-refractivity contribution >= 4 is 28.5 Å². The van der Waals surface area contributed by atoms with E-state index in [2.05, 4.69) is 48.7 Å². The molecule has 0 bridgehead atoms. The number of amides is 1. The van der Waals surface area contributed by atoms with Crippen LogP contribution in [0.15, 0.2) is 24.3 Å². The van der Waals surface area contributed by atoms with E-state index in [-0.39, 0.29) is 5.91 Å². The van der Waals surface area contributed by atoms with E-state index in [0.29, 0.717) is 23.8 Å². The van der Waals surface area contributed by atoms with Crippen LogP contribution < -0.4 is 5.32 Å². The summed E-state index contributed by atoms with van der Waals surface area (Å²) in [6.07, 6.45) is 3.63. The van der Waals surface area contributed by atoms with E-state index in [9.17, 15) is 4.79 Å². The van der Waals surface area contributed by atoms with Crippen LogP contribution in [0.2, 0.25) is 0 Å². The Balaban J connectivity index is 2.05. The SMILES string of the molecule is CC1CCC(C(C)C)C(NC(=O)c2ccc(I)cc2)C1. The highest BCUT2D eigenvalue weighted by molar-refractivity contribution is 14.1. The van der Waals surface area contributed by atoms with Gasteiger partial charge in [0.2, 0.25) is 0 Å². The lowest BCUT2D eigenvalue weighted by atomic mass is 9.74. The summed E-state index contributed by atoms with van der Waals surface area (Å²) >= 11 is 2.26. The summed E-state index contributed by atoms with van der Waals surface area (Å²) in [6, 6.07) is 8.12. The highest BCUT2D eigenvalue weighted by Gasteiger charge is 2.31. The van der Waals surface area contributed by atoms with E-state index in [1.807, 2.05) is 24.3 Å². The lowest BCUT2D eigenvalue weighted by Crippen LogP contribution is -2.45. The highest BCUT2D eigenvalue weighted by Crippen LogP contribution is 2.33. The van der Waals surface area contributed by atoms with Crippen LogP contribution in [0.25, 0.3) is 0 Å². The molecule has 1 aliphatic carbocycles. The van der Waals surface area contributed by atoms with Gasteiger partial charge in [-0.15, -0.1) is 0 Å². The van der Waals surface area contributed by atoms with E-state index < -0.39 is 0 Å². The topological polar surface area (TPSA) is 29.1 Å². The van der Waals surface area contributed by atoms with Gasteiger partial charge in [0.05, 0.1) is 0 Å². The fourth-order valence-electron chi connectivity index (χ4n) is 3.22. The first-order valence-corrected chi connectivity index (χ1v) is 8.61. The van der Waals surface area contributed by atoms with Crippen LogP contribution in [0.3, 0.4) is 0 Å². The van der Waals surface area contributed by atoms with Crippen LogP contribution in [-0.2, 0) is 0 Å². The largest absolute Gasteiger partial charge is 0.349 e. The van der Waals surface area contributed by atoms with Crippen molar-refractivity contribution in [2.45, 2.75) is 46.1 Å². The molecule has 1 aromatic rings. The molecule has 0 aromatic heterocycles. The van der Waals surface area contributed by atoms with Gasteiger partial charge in [0, 0.05) is 15.2 Å². The Morgan fingerprint density at radius 1 is 1.25 bits per heavy atom. The Labute approximate surface area is 135 Å². The van der Waals surface area contributed by atoms with Gasteiger partial charge in [0.15, 0.2) is 0 Å². The monoisotopic (exact) mass is 385 g/mol. The molecule has 0 spiro atoms. The summed E-state index contributed by atoms with van der Waals surface area (Å²) < 4.78 is 1.16. The van der Waals surface area contributed by atoms with Gasteiger partial charge in [-0.25, -0.2) is 0 Å². The van der Waals surface area contributed by atoms with E-state index in [1.54, 1.807) is 0 Å². The average Bonchev–Trinajstić information content (AvgIpc) is 2.39. The zero-order valence-corrected chi connectivity index (χ0v) is 14.7. The first-order chi connectivity index (χ1) is 9.47. The molecular weight excluding hydrogens is 361 g/mol. The molecule has 20 heavy (non-hydrogen) atoms. The number of benzene rings is 1. The second-order valence-corrected chi connectivity index (χ2v) is 7.66. The second kappa shape index (κ2) is 6.92. The quantitative estimate of drug-likeness (QED) is 0.764. The van der Waals surface area contributed by atoms with Crippen molar-refractivity contribution in [1.82, 2.24) is 5.32 Å². The third-order valence-electron chi connectivity index (χ3n) is 4.45. The minimum absolute atomic E-state index is 0.0751. The van der Waals surface area contributed by atoms with Crippen LogP contribution in [0.1, 0.15) is 50.4 Å². The van der Waals surface area contributed by atoms with Gasteiger partial charge in [-0.1, -0.05) is 27.2 Å². The molecule has 1 fully saturated rings. The molecule has 1 saturated carbocycles. The Morgan fingerprint density at radius 3 is 2.50 bits per heavy atom. The second-order valence-electron chi connectivity index (χ2n) is 6.41. The maximum absolute atomic E-state index is 12.4. The molecule has 2 rings (SSSR count). The molecule has 3 atom stereocenters. The number of rotatable bonds is 3. The molecule has 0 radical (unpaired) electrons. The van der Waals surface area contributed by atoms with E-state index in [1.165, 1.54) is 12.8 Å². The third kappa shape index (κ3) is 3.96. The molecule has 1 N–H and O–H groups in total. The van der Waals surface area contributed by atoms with E-state index in [4.69, 9.17) is 0 Å². The molecule has 0 heterocycles. The molecular formula is C17H24INO. The van der Waals surface area contributed by atoms with Gasteiger partial charge < -0.3 is 5.32 Å². The normalized spacial score (nSPS) is 26.6. The number of nitrogens with one attached hydrogen (secondary N) is 1. The van der Waals surface area contributed by atoms with Crippen molar-refractivity contribution in [3.63, 3.8) is 0 Å². The van der Waals surface area contributed by atoms with Gasteiger partial charge in [0.1, 0.15) is 0 Å². The minimum Gasteiger partial charge on any atom is -0.349 e. The number of carbonyl (C=O) groups excluding carboxylic acids is 1. The van der Waals surface area contributed by atoms with Crippen LogP contribution in [0.5, 0.6) is 0 Å². The molecule has 1 aromatic carbocycles. The van der Waals surface area contributed by atoms with Crippen molar-refractivity contribution in [3.05, 3.63) is 33.4 Å². The summed E-state index contributed by atoms with van der Waals surface area (Å²) in [6.45, 7) is 6.83. The lowest BCUT2D eigenvalue weighted by molar-refractivity contribution is 0.0868. The third-order valence-corrected chi connectivity index (χ3v) is 5.16. The molecule has 1 amide bonds. The Bertz CT molecular complexity index is 455. The van der Waals surface area contributed by atoms with Crippen LogP contribution in [0, 0.1) is 21.3 Å². The number of halogens is 1. The van der Waals surface area contributed by atoms with Crippen LogP contribution in [0.4, 0.5) is 0 Å². The van der Waals surface area contributed by atoms with Crippen LogP contribution >= 0.6 is 22.6 Å². The van der Waals surface area contributed by atoms with Crippen molar-refractivity contribution in [1.29, 1.82) is 0 Å². The van der Waals surface area contributed by atoms with Gasteiger partial charge in [-0.3, -0.25) is 4.79 Å². The Hall–Kier alpha value is -0.580.